The summed E-state index contributed by atoms with van der Waals surface area (Å²) in [6.45, 7) is 0. The summed E-state index contributed by atoms with van der Waals surface area (Å²) in [5, 5.41) is 6.00. The molecule has 1 aliphatic rings. The van der Waals surface area contributed by atoms with E-state index in [2.05, 4.69) is 20.6 Å². The zero-order valence-corrected chi connectivity index (χ0v) is 16.4. The van der Waals surface area contributed by atoms with Crippen LogP contribution in [0, 0.1) is 0 Å². The molecule has 3 aromatic rings. The van der Waals surface area contributed by atoms with E-state index in [0.717, 1.165) is 34.6 Å². The maximum atomic E-state index is 12.8. The lowest BCUT2D eigenvalue weighted by atomic mass is 10.0. The highest BCUT2D eigenvalue weighted by Crippen LogP contribution is 2.28. The first kappa shape index (κ1) is 18.6. The SMILES string of the molecule is CSCC[C@H](NC(=O)CC1NC(=O)c2ccccc21)c1nc2ccccc2[nH]1. The monoisotopic (exact) mass is 394 g/mol. The van der Waals surface area contributed by atoms with Gasteiger partial charge in [0.25, 0.3) is 5.91 Å². The van der Waals surface area contributed by atoms with Gasteiger partial charge in [0.1, 0.15) is 5.82 Å². The number of aromatic amines is 1. The van der Waals surface area contributed by atoms with Crippen molar-refractivity contribution < 1.29 is 9.59 Å². The quantitative estimate of drug-likeness (QED) is 0.574. The molecule has 144 valence electrons. The van der Waals surface area contributed by atoms with E-state index < -0.39 is 0 Å². The Hall–Kier alpha value is -2.80. The van der Waals surface area contributed by atoms with Crippen LogP contribution in [0.25, 0.3) is 11.0 Å². The highest BCUT2D eigenvalue weighted by molar-refractivity contribution is 7.98. The second-order valence-corrected chi connectivity index (χ2v) is 7.84. The molecule has 1 aliphatic heterocycles. The number of H-pyrrole nitrogens is 1. The average Bonchev–Trinajstić information content (AvgIpc) is 3.27. The van der Waals surface area contributed by atoms with Crippen LogP contribution in [-0.2, 0) is 4.79 Å². The van der Waals surface area contributed by atoms with Crippen LogP contribution in [-0.4, -0.2) is 33.8 Å². The number of carbonyl (C=O) groups excluding carboxylic acids is 2. The summed E-state index contributed by atoms with van der Waals surface area (Å²) in [4.78, 5) is 32.8. The molecule has 0 saturated carbocycles. The lowest BCUT2D eigenvalue weighted by Gasteiger charge is -2.18. The minimum atomic E-state index is -0.291. The van der Waals surface area contributed by atoms with Gasteiger partial charge in [-0.3, -0.25) is 9.59 Å². The van der Waals surface area contributed by atoms with Gasteiger partial charge < -0.3 is 15.6 Å². The molecule has 0 spiro atoms. The molecule has 7 heteroatoms. The van der Waals surface area contributed by atoms with E-state index in [0.29, 0.717) is 5.56 Å². The van der Waals surface area contributed by atoms with Crippen LogP contribution in [0.4, 0.5) is 0 Å². The predicted octanol–water partition coefficient (Wildman–Crippen LogP) is 3.35. The fraction of sp³-hybridized carbons (Fsp3) is 0.286. The van der Waals surface area contributed by atoms with Gasteiger partial charge in [-0.25, -0.2) is 4.98 Å². The second-order valence-electron chi connectivity index (χ2n) is 6.86. The van der Waals surface area contributed by atoms with Gasteiger partial charge in [0.15, 0.2) is 0 Å². The summed E-state index contributed by atoms with van der Waals surface area (Å²) < 4.78 is 0. The number of amides is 2. The highest BCUT2D eigenvalue weighted by atomic mass is 32.2. The van der Waals surface area contributed by atoms with Crippen LogP contribution in [0.2, 0.25) is 0 Å². The molecule has 0 fully saturated rings. The van der Waals surface area contributed by atoms with Crippen molar-refractivity contribution in [1.29, 1.82) is 0 Å². The van der Waals surface area contributed by atoms with Crippen LogP contribution >= 0.6 is 11.8 Å². The predicted molar refractivity (Wildman–Crippen MR) is 111 cm³/mol. The van der Waals surface area contributed by atoms with Gasteiger partial charge in [0.2, 0.25) is 5.91 Å². The minimum absolute atomic E-state index is 0.103. The molecule has 3 N–H and O–H groups in total. The fourth-order valence-electron chi connectivity index (χ4n) is 3.57. The van der Waals surface area contributed by atoms with Gasteiger partial charge in [-0.1, -0.05) is 30.3 Å². The topological polar surface area (TPSA) is 86.9 Å². The molecule has 0 aliphatic carbocycles. The molecule has 1 aromatic heterocycles. The zero-order valence-electron chi connectivity index (χ0n) is 15.6. The second kappa shape index (κ2) is 8.06. The Morgan fingerprint density at radius 2 is 2.00 bits per heavy atom. The van der Waals surface area contributed by atoms with Crippen molar-refractivity contribution in [3.63, 3.8) is 0 Å². The average molecular weight is 395 g/mol. The summed E-state index contributed by atoms with van der Waals surface area (Å²) in [5.74, 6) is 1.45. The smallest absolute Gasteiger partial charge is 0.252 e. The molecule has 28 heavy (non-hydrogen) atoms. The third kappa shape index (κ3) is 3.75. The molecule has 2 atom stereocenters. The molecular formula is C21H22N4O2S. The number of para-hydroxylation sites is 2. The molecular weight excluding hydrogens is 372 g/mol. The molecule has 6 nitrogen and oxygen atoms in total. The van der Waals surface area contributed by atoms with Crippen molar-refractivity contribution in [2.75, 3.05) is 12.0 Å². The number of fused-ring (bicyclic) bond motifs is 2. The van der Waals surface area contributed by atoms with E-state index >= 15 is 0 Å². The van der Waals surface area contributed by atoms with Gasteiger partial charge in [-0.05, 0) is 42.2 Å². The number of hydrogen-bond acceptors (Lipinski definition) is 4. The van der Waals surface area contributed by atoms with E-state index in [1.54, 1.807) is 17.8 Å². The molecule has 1 unspecified atom stereocenters. The summed E-state index contributed by atoms with van der Waals surface area (Å²) in [6.07, 6.45) is 3.03. The Kier molecular flexibility index (Phi) is 5.34. The maximum absolute atomic E-state index is 12.8. The first-order valence-electron chi connectivity index (χ1n) is 9.28. The number of rotatable bonds is 7. The number of benzene rings is 2. The lowest BCUT2D eigenvalue weighted by molar-refractivity contribution is -0.122. The Morgan fingerprint density at radius 3 is 2.82 bits per heavy atom. The van der Waals surface area contributed by atoms with Crippen molar-refractivity contribution in [3.05, 3.63) is 65.5 Å². The number of imidazole rings is 1. The lowest BCUT2D eigenvalue weighted by Crippen LogP contribution is -2.32. The van der Waals surface area contributed by atoms with Gasteiger partial charge in [0, 0.05) is 5.56 Å². The third-order valence-corrected chi connectivity index (χ3v) is 5.60. The van der Waals surface area contributed by atoms with Crippen molar-refractivity contribution >= 4 is 34.6 Å². The van der Waals surface area contributed by atoms with E-state index in [4.69, 9.17) is 0 Å². The van der Waals surface area contributed by atoms with Crippen molar-refractivity contribution in [2.45, 2.75) is 24.9 Å². The van der Waals surface area contributed by atoms with Crippen LogP contribution in [0.5, 0.6) is 0 Å². The molecule has 0 radical (unpaired) electrons. The Balaban J connectivity index is 1.49. The van der Waals surface area contributed by atoms with Crippen molar-refractivity contribution in [1.82, 2.24) is 20.6 Å². The summed E-state index contributed by atoms with van der Waals surface area (Å²) >= 11 is 1.73. The Morgan fingerprint density at radius 1 is 1.21 bits per heavy atom. The normalized spacial score (nSPS) is 16.6. The third-order valence-electron chi connectivity index (χ3n) is 4.96. The molecule has 0 bridgehead atoms. The number of carbonyl (C=O) groups is 2. The Bertz CT molecular complexity index is 983. The number of nitrogens with zero attached hydrogens (tertiary/aromatic N) is 1. The summed E-state index contributed by atoms with van der Waals surface area (Å²) in [6, 6.07) is 14.8. The summed E-state index contributed by atoms with van der Waals surface area (Å²) in [5.41, 5.74) is 3.37. The van der Waals surface area contributed by atoms with Crippen LogP contribution in [0.3, 0.4) is 0 Å². The van der Waals surface area contributed by atoms with Gasteiger partial charge in [-0.2, -0.15) is 11.8 Å². The van der Waals surface area contributed by atoms with Gasteiger partial charge in [-0.15, -0.1) is 0 Å². The first-order chi connectivity index (χ1) is 13.7. The minimum Gasteiger partial charge on any atom is -0.346 e. The zero-order chi connectivity index (χ0) is 19.5. The molecule has 2 amide bonds. The standard InChI is InChI=1S/C21H22N4O2S/c1-28-11-10-17(20-23-15-8-4-5-9-16(15)24-20)22-19(26)12-18-13-6-2-3-7-14(13)21(27)25-18/h2-9,17-18H,10-12H2,1H3,(H,22,26)(H,23,24)(H,25,27)/t17-,18?/m0/s1. The highest BCUT2D eigenvalue weighted by Gasteiger charge is 2.30. The van der Waals surface area contributed by atoms with Crippen LogP contribution in [0.15, 0.2) is 48.5 Å². The van der Waals surface area contributed by atoms with Crippen molar-refractivity contribution in [3.8, 4) is 0 Å². The van der Waals surface area contributed by atoms with Crippen molar-refractivity contribution in [2.24, 2.45) is 0 Å². The molecule has 4 rings (SSSR count). The molecule has 2 heterocycles. The molecule has 0 saturated heterocycles. The molecule has 2 aromatic carbocycles. The largest absolute Gasteiger partial charge is 0.346 e. The fourth-order valence-corrected chi connectivity index (χ4v) is 4.04. The van der Waals surface area contributed by atoms with Crippen LogP contribution < -0.4 is 10.6 Å². The summed E-state index contributed by atoms with van der Waals surface area (Å²) in [7, 11) is 0. The first-order valence-corrected chi connectivity index (χ1v) is 10.7. The number of aromatic nitrogens is 2. The van der Waals surface area contributed by atoms with E-state index in [9.17, 15) is 9.59 Å². The number of hydrogen-bond donors (Lipinski definition) is 3. The van der Waals surface area contributed by atoms with Gasteiger partial charge >= 0.3 is 0 Å². The number of nitrogens with one attached hydrogen (secondary N) is 3. The van der Waals surface area contributed by atoms with E-state index in [1.807, 2.05) is 48.7 Å². The van der Waals surface area contributed by atoms with Crippen LogP contribution in [0.1, 0.15) is 46.7 Å². The number of thioether (sulfide) groups is 1. The van der Waals surface area contributed by atoms with E-state index in [1.165, 1.54) is 0 Å². The Labute approximate surface area is 167 Å². The maximum Gasteiger partial charge on any atom is 0.252 e. The van der Waals surface area contributed by atoms with E-state index in [-0.39, 0.29) is 30.3 Å². The van der Waals surface area contributed by atoms with Gasteiger partial charge in [0.05, 0.1) is 29.5 Å².